The highest BCUT2D eigenvalue weighted by Crippen LogP contribution is 2.25. The number of hydrogen-bond donors (Lipinski definition) is 3. The van der Waals surface area contributed by atoms with Gasteiger partial charge in [-0.3, -0.25) is 0 Å². The van der Waals surface area contributed by atoms with Crippen LogP contribution in [0.5, 0.6) is 5.75 Å². The molecule has 1 amide bonds. The molecule has 3 aromatic rings. The van der Waals surface area contributed by atoms with Gasteiger partial charge in [0.25, 0.3) is 0 Å². The smallest absolute Gasteiger partial charge is 0.414 e. The Morgan fingerprint density at radius 3 is 2.29 bits per heavy atom. The monoisotopic (exact) mass is 606 g/mol. The third kappa shape index (κ3) is 8.25. The van der Waals surface area contributed by atoms with Gasteiger partial charge < -0.3 is 30.3 Å². The molecule has 0 fully saturated rings. The number of anilines is 3. The number of rotatable bonds is 13. The largest absolute Gasteiger partial charge is 0.480 e. The van der Waals surface area contributed by atoms with Gasteiger partial charge in [-0.15, -0.1) is 0 Å². The number of aromatic nitrogens is 2. The topological polar surface area (TPSA) is 154 Å². The summed E-state index contributed by atoms with van der Waals surface area (Å²) in [6.45, 7) is 4.89. The van der Waals surface area contributed by atoms with Gasteiger partial charge in [-0.05, 0) is 49.7 Å². The molecular weight excluding hydrogens is 574 g/mol. The first-order valence-corrected chi connectivity index (χ1v) is 14.5. The molecule has 1 atom stereocenters. The lowest BCUT2D eigenvalue weighted by molar-refractivity contribution is -0.137. The zero-order valence-corrected chi connectivity index (χ0v) is 24.3. The van der Waals surface area contributed by atoms with Crippen LogP contribution in [-0.4, -0.2) is 79.6 Å². The maximum Gasteiger partial charge on any atom is 0.414 e. The first-order chi connectivity index (χ1) is 19.8. The molecule has 3 rings (SSSR count). The van der Waals surface area contributed by atoms with Gasteiger partial charge >= 0.3 is 12.1 Å². The van der Waals surface area contributed by atoms with Gasteiger partial charge in [-0.1, -0.05) is 12.1 Å². The van der Waals surface area contributed by atoms with Crippen LogP contribution in [0.25, 0.3) is 0 Å². The normalized spacial score (nSPS) is 11.9. The highest BCUT2D eigenvalue weighted by molar-refractivity contribution is 7.91. The minimum atomic E-state index is -4.13. The lowest BCUT2D eigenvalue weighted by Crippen LogP contribution is -2.33. The molecule has 2 aromatic carbocycles. The molecule has 0 radical (unpaired) electrons. The fourth-order valence-corrected chi connectivity index (χ4v) is 4.75. The van der Waals surface area contributed by atoms with E-state index in [9.17, 15) is 31.9 Å². The van der Waals surface area contributed by atoms with Crippen LogP contribution in [0.4, 0.5) is 31.0 Å². The SMILES string of the molecule is CCN(CC)c1ncc(NCS(=O)(=O)c2ccc(F)c(F)c2)c(NC(Cc2ccc(OC(=O)N(C)C)cc2)C(=O)O)n1. The second-order valence-corrected chi connectivity index (χ2v) is 11.3. The summed E-state index contributed by atoms with van der Waals surface area (Å²) < 4.78 is 57.8. The number of hydrogen-bond acceptors (Lipinski definition) is 10. The minimum Gasteiger partial charge on any atom is -0.480 e. The van der Waals surface area contributed by atoms with Crippen molar-refractivity contribution in [2.75, 3.05) is 48.6 Å². The van der Waals surface area contributed by atoms with Crippen LogP contribution in [0, 0.1) is 11.6 Å². The second kappa shape index (κ2) is 13.9. The number of ether oxygens (including phenoxy) is 1. The average Bonchev–Trinajstić information content (AvgIpc) is 2.95. The van der Waals surface area contributed by atoms with Crippen LogP contribution in [0.3, 0.4) is 0 Å². The van der Waals surface area contributed by atoms with Crippen molar-refractivity contribution in [2.24, 2.45) is 0 Å². The number of benzene rings is 2. The highest BCUT2D eigenvalue weighted by atomic mass is 32.2. The summed E-state index contributed by atoms with van der Waals surface area (Å²) in [6.07, 6.45) is 0.748. The summed E-state index contributed by atoms with van der Waals surface area (Å²) in [7, 11) is -1.05. The van der Waals surface area contributed by atoms with Crippen molar-refractivity contribution in [1.29, 1.82) is 0 Å². The summed E-state index contributed by atoms with van der Waals surface area (Å²) in [5.74, 6) is -3.83. The van der Waals surface area contributed by atoms with Crippen molar-refractivity contribution in [3.8, 4) is 5.75 Å². The fraction of sp³-hybridized carbons (Fsp3) is 0.333. The molecule has 1 unspecified atom stereocenters. The van der Waals surface area contributed by atoms with Gasteiger partial charge in [-0.25, -0.2) is 31.8 Å². The van der Waals surface area contributed by atoms with Crippen LogP contribution < -0.4 is 20.3 Å². The van der Waals surface area contributed by atoms with E-state index < -0.39 is 50.3 Å². The number of carboxylic acid groups (broad SMARTS) is 1. The molecule has 0 spiro atoms. The molecule has 0 aliphatic carbocycles. The third-order valence-corrected chi connectivity index (χ3v) is 7.56. The van der Waals surface area contributed by atoms with Gasteiger partial charge in [0.05, 0.1) is 16.8 Å². The number of sulfone groups is 1. The zero-order chi connectivity index (χ0) is 31.0. The molecule has 0 saturated heterocycles. The standard InChI is InChI=1S/C27H32F2N6O6S/c1-5-35(6-2)26-30-15-23(31-16-42(39,40)19-11-12-20(28)21(29)14-19)24(33-26)32-22(25(36)37)13-17-7-9-18(10-8-17)41-27(38)34(3)4/h7-12,14-15,22,31H,5-6,13,16H2,1-4H3,(H,36,37)(H,30,32,33). The fourth-order valence-electron chi connectivity index (χ4n) is 3.68. The van der Waals surface area contributed by atoms with Crippen molar-refractivity contribution in [3.05, 3.63) is 65.9 Å². The van der Waals surface area contributed by atoms with Crippen molar-refractivity contribution < 1.29 is 36.6 Å². The van der Waals surface area contributed by atoms with Crippen LogP contribution in [0.1, 0.15) is 19.4 Å². The van der Waals surface area contributed by atoms with E-state index >= 15 is 0 Å². The molecule has 3 N–H and O–H groups in total. The van der Waals surface area contributed by atoms with E-state index in [-0.39, 0.29) is 29.6 Å². The lowest BCUT2D eigenvalue weighted by atomic mass is 10.1. The predicted molar refractivity (Wildman–Crippen MR) is 153 cm³/mol. The molecule has 1 aromatic heterocycles. The Morgan fingerprint density at radius 2 is 1.71 bits per heavy atom. The number of carbonyl (C=O) groups is 2. The molecule has 0 bridgehead atoms. The average molecular weight is 607 g/mol. The quantitative estimate of drug-likeness (QED) is 0.245. The van der Waals surface area contributed by atoms with Gasteiger partial charge in [0.15, 0.2) is 27.3 Å². The van der Waals surface area contributed by atoms with E-state index in [2.05, 4.69) is 20.6 Å². The number of nitrogens with one attached hydrogen (secondary N) is 2. The summed E-state index contributed by atoms with van der Waals surface area (Å²) >= 11 is 0. The third-order valence-electron chi connectivity index (χ3n) is 6.07. The molecule has 0 saturated carbocycles. The predicted octanol–water partition coefficient (Wildman–Crippen LogP) is 3.61. The number of nitrogens with zero attached hydrogens (tertiary/aromatic N) is 4. The van der Waals surface area contributed by atoms with Gasteiger partial charge in [0, 0.05) is 33.6 Å². The van der Waals surface area contributed by atoms with E-state index in [4.69, 9.17) is 4.74 Å². The molecule has 15 heteroatoms. The van der Waals surface area contributed by atoms with Crippen LogP contribution in [-0.2, 0) is 21.1 Å². The number of aliphatic carboxylic acids is 1. The molecular formula is C27H32F2N6O6S. The molecule has 0 aliphatic rings. The van der Waals surface area contributed by atoms with E-state index in [0.29, 0.717) is 30.8 Å². The second-order valence-electron chi connectivity index (χ2n) is 9.26. The zero-order valence-electron chi connectivity index (χ0n) is 23.5. The minimum absolute atomic E-state index is 0.00551. The van der Waals surface area contributed by atoms with E-state index in [1.807, 2.05) is 18.7 Å². The number of carboxylic acids is 1. The van der Waals surface area contributed by atoms with Crippen molar-refractivity contribution in [1.82, 2.24) is 14.9 Å². The van der Waals surface area contributed by atoms with Crippen LogP contribution >= 0.6 is 0 Å². The Morgan fingerprint density at radius 1 is 1.05 bits per heavy atom. The molecule has 0 aliphatic heterocycles. The Balaban J connectivity index is 1.87. The molecule has 12 nitrogen and oxygen atoms in total. The maximum atomic E-state index is 13.7. The Hall–Kier alpha value is -4.53. The first kappa shape index (κ1) is 32.0. The van der Waals surface area contributed by atoms with E-state index in [1.54, 1.807) is 26.2 Å². The molecule has 1 heterocycles. The van der Waals surface area contributed by atoms with Crippen molar-refractivity contribution in [2.45, 2.75) is 31.2 Å². The van der Waals surface area contributed by atoms with Crippen molar-refractivity contribution in [3.63, 3.8) is 0 Å². The Kier molecular flexibility index (Phi) is 10.6. The Labute approximate surface area is 242 Å². The number of halogens is 2. The first-order valence-electron chi connectivity index (χ1n) is 12.9. The number of carbonyl (C=O) groups excluding carboxylic acids is 1. The molecule has 42 heavy (non-hydrogen) atoms. The van der Waals surface area contributed by atoms with Crippen LogP contribution in [0.15, 0.2) is 53.6 Å². The van der Waals surface area contributed by atoms with Crippen molar-refractivity contribution >= 4 is 39.4 Å². The lowest BCUT2D eigenvalue weighted by Gasteiger charge is -2.22. The van der Waals surface area contributed by atoms with E-state index in [0.717, 1.165) is 6.07 Å². The van der Waals surface area contributed by atoms with Gasteiger partial charge in [0.2, 0.25) is 5.95 Å². The van der Waals surface area contributed by atoms with Gasteiger partial charge in [0.1, 0.15) is 17.7 Å². The molecule has 226 valence electrons. The van der Waals surface area contributed by atoms with E-state index in [1.165, 1.54) is 23.2 Å². The Bertz CT molecular complexity index is 1520. The summed E-state index contributed by atoms with van der Waals surface area (Å²) in [5.41, 5.74) is 0.683. The number of amides is 1. The highest BCUT2D eigenvalue weighted by Gasteiger charge is 2.23. The van der Waals surface area contributed by atoms with Crippen LogP contribution in [0.2, 0.25) is 0 Å². The summed E-state index contributed by atoms with van der Waals surface area (Å²) in [4.78, 5) is 35.4. The summed E-state index contributed by atoms with van der Waals surface area (Å²) in [6, 6.07) is 7.34. The maximum absolute atomic E-state index is 13.7. The van der Waals surface area contributed by atoms with Gasteiger partial charge in [-0.2, -0.15) is 4.98 Å². The summed E-state index contributed by atoms with van der Waals surface area (Å²) in [5, 5.41) is 15.5.